The molecule has 2 heterocycles. The highest BCUT2D eigenvalue weighted by Gasteiger charge is 2.33. The van der Waals surface area contributed by atoms with Crippen LogP contribution in [0.5, 0.6) is 5.75 Å². The summed E-state index contributed by atoms with van der Waals surface area (Å²) >= 11 is 0. The van der Waals surface area contributed by atoms with Crippen LogP contribution in [0.2, 0.25) is 0 Å². The molecule has 7 heteroatoms. The first-order valence-electron chi connectivity index (χ1n) is 7.12. The maximum absolute atomic E-state index is 12.5. The fourth-order valence-electron chi connectivity index (χ4n) is 2.66. The van der Waals surface area contributed by atoms with Gasteiger partial charge in [-0.1, -0.05) is 0 Å². The van der Waals surface area contributed by atoms with E-state index in [1.807, 2.05) is 11.5 Å². The van der Waals surface area contributed by atoms with Crippen molar-refractivity contribution in [2.75, 3.05) is 20.3 Å². The van der Waals surface area contributed by atoms with E-state index in [9.17, 15) is 9.90 Å². The average molecular weight is 302 g/mol. The monoisotopic (exact) mass is 302 g/mol. The SMILES string of the molecule is COCCN1Cc2nnc(-c3ccc(O)cc3)n2[C@@H](C)C1=O. The highest BCUT2D eigenvalue weighted by atomic mass is 16.5. The fourth-order valence-corrected chi connectivity index (χ4v) is 2.66. The number of hydrogen-bond acceptors (Lipinski definition) is 5. The van der Waals surface area contributed by atoms with Crippen LogP contribution in [-0.2, 0) is 16.1 Å². The number of phenolic OH excluding ortho intramolecular Hbond substituents is 1. The first-order valence-corrected chi connectivity index (χ1v) is 7.12. The Bertz CT molecular complexity index is 681. The number of hydrogen-bond donors (Lipinski definition) is 1. The third kappa shape index (κ3) is 2.43. The lowest BCUT2D eigenvalue weighted by atomic mass is 10.1. The smallest absolute Gasteiger partial charge is 0.245 e. The number of fused-ring (bicyclic) bond motifs is 1. The van der Waals surface area contributed by atoms with Crippen LogP contribution < -0.4 is 0 Å². The van der Waals surface area contributed by atoms with Crippen LogP contribution in [0.15, 0.2) is 24.3 Å². The van der Waals surface area contributed by atoms with Crippen LogP contribution in [0.25, 0.3) is 11.4 Å². The normalized spacial score (nSPS) is 17.6. The van der Waals surface area contributed by atoms with E-state index in [2.05, 4.69) is 10.2 Å². The number of rotatable bonds is 4. The maximum atomic E-state index is 12.5. The first-order chi connectivity index (χ1) is 10.6. The average Bonchev–Trinajstić information content (AvgIpc) is 2.94. The third-order valence-electron chi connectivity index (χ3n) is 3.85. The number of carbonyl (C=O) groups excluding carboxylic acids is 1. The van der Waals surface area contributed by atoms with Gasteiger partial charge in [0.1, 0.15) is 11.8 Å². The minimum absolute atomic E-state index is 0.0318. The Hall–Kier alpha value is -2.41. The summed E-state index contributed by atoms with van der Waals surface area (Å²) in [4.78, 5) is 14.2. The molecule has 0 saturated carbocycles. The summed E-state index contributed by atoms with van der Waals surface area (Å²) in [6.45, 7) is 3.31. The largest absolute Gasteiger partial charge is 0.508 e. The Morgan fingerprint density at radius 2 is 2.05 bits per heavy atom. The molecule has 0 spiro atoms. The number of amides is 1. The van der Waals surface area contributed by atoms with Gasteiger partial charge in [-0.2, -0.15) is 0 Å². The fraction of sp³-hybridized carbons (Fsp3) is 0.400. The summed E-state index contributed by atoms with van der Waals surface area (Å²) in [5.74, 6) is 1.62. The van der Waals surface area contributed by atoms with Gasteiger partial charge in [-0.15, -0.1) is 10.2 Å². The van der Waals surface area contributed by atoms with Gasteiger partial charge in [-0.25, -0.2) is 0 Å². The highest BCUT2D eigenvalue weighted by Crippen LogP contribution is 2.28. The van der Waals surface area contributed by atoms with Crippen LogP contribution in [0.3, 0.4) is 0 Å². The van der Waals surface area contributed by atoms with E-state index < -0.39 is 0 Å². The van der Waals surface area contributed by atoms with Crippen molar-refractivity contribution >= 4 is 5.91 Å². The summed E-state index contributed by atoms with van der Waals surface area (Å²) in [5, 5.41) is 17.8. The van der Waals surface area contributed by atoms with Gasteiger partial charge in [0.05, 0.1) is 13.2 Å². The van der Waals surface area contributed by atoms with E-state index >= 15 is 0 Å². The summed E-state index contributed by atoms with van der Waals surface area (Å²) in [6.07, 6.45) is 0. The lowest BCUT2D eigenvalue weighted by Crippen LogP contribution is -2.43. The van der Waals surface area contributed by atoms with Gasteiger partial charge in [0.2, 0.25) is 5.91 Å². The second-order valence-corrected chi connectivity index (χ2v) is 5.29. The molecule has 1 amide bonds. The number of benzene rings is 1. The summed E-state index contributed by atoms with van der Waals surface area (Å²) in [7, 11) is 1.61. The predicted octanol–water partition coefficient (Wildman–Crippen LogP) is 1.20. The molecule has 116 valence electrons. The van der Waals surface area contributed by atoms with E-state index in [0.29, 0.717) is 25.5 Å². The van der Waals surface area contributed by atoms with Crippen molar-refractivity contribution in [3.63, 3.8) is 0 Å². The van der Waals surface area contributed by atoms with E-state index in [1.165, 1.54) is 0 Å². The first kappa shape index (κ1) is 14.5. The van der Waals surface area contributed by atoms with E-state index in [0.717, 1.165) is 11.4 Å². The van der Waals surface area contributed by atoms with Crippen LogP contribution in [0.1, 0.15) is 18.8 Å². The molecule has 1 aromatic heterocycles. The number of nitrogens with zero attached hydrogens (tertiary/aromatic N) is 4. The second kappa shape index (κ2) is 5.76. The summed E-state index contributed by atoms with van der Waals surface area (Å²) in [5.41, 5.74) is 0.821. The van der Waals surface area contributed by atoms with Crippen molar-refractivity contribution in [2.24, 2.45) is 0 Å². The summed E-state index contributed by atoms with van der Waals surface area (Å²) in [6, 6.07) is 6.36. The van der Waals surface area contributed by atoms with Crippen molar-refractivity contribution < 1.29 is 14.6 Å². The predicted molar refractivity (Wildman–Crippen MR) is 79.1 cm³/mol. The van der Waals surface area contributed by atoms with E-state index in [-0.39, 0.29) is 17.7 Å². The molecule has 1 N–H and O–H groups in total. The van der Waals surface area contributed by atoms with Crippen molar-refractivity contribution in [3.05, 3.63) is 30.1 Å². The summed E-state index contributed by atoms with van der Waals surface area (Å²) < 4.78 is 6.90. The highest BCUT2D eigenvalue weighted by molar-refractivity contribution is 5.82. The van der Waals surface area contributed by atoms with Gasteiger partial charge >= 0.3 is 0 Å². The van der Waals surface area contributed by atoms with E-state index in [4.69, 9.17) is 4.74 Å². The number of ether oxygens (including phenoxy) is 1. The van der Waals surface area contributed by atoms with Gasteiger partial charge in [0, 0.05) is 19.2 Å². The Morgan fingerprint density at radius 3 is 2.73 bits per heavy atom. The van der Waals surface area contributed by atoms with Gasteiger partial charge in [-0.05, 0) is 31.2 Å². The zero-order valence-corrected chi connectivity index (χ0v) is 12.6. The molecule has 1 aliphatic heterocycles. The second-order valence-electron chi connectivity index (χ2n) is 5.29. The standard InChI is InChI=1S/C15H18N4O3/c1-10-15(21)18(7-8-22-2)9-13-16-17-14(19(10)13)11-3-5-12(20)6-4-11/h3-6,10,20H,7-9H2,1-2H3/t10-/m0/s1. The van der Waals surface area contributed by atoms with E-state index in [1.54, 1.807) is 36.3 Å². The molecule has 0 fully saturated rings. The molecule has 1 aromatic carbocycles. The number of carbonyl (C=O) groups is 1. The quantitative estimate of drug-likeness (QED) is 0.918. The Balaban J connectivity index is 1.95. The van der Waals surface area contributed by atoms with Crippen LogP contribution >= 0.6 is 0 Å². The molecule has 7 nitrogen and oxygen atoms in total. The number of methoxy groups -OCH3 is 1. The minimum Gasteiger partial charge on any atom is -0.508 e. The van der Waals surface area contributed by atoms with Crippen LogP contribution in [-0.4, -0.2) is 50.9 Å². The molecular formula is C15H18N4O3. The molecule has 0 radical (unpaired) electrons. The number of aromatic hydroxyl groups is 1. The molecule has 1 atom stereocenters. The number of phenols is 1. The maximum Gasteiger partial charge on any atom is 0.245 e. The molecule has 0 saturated heterocycles. The molecule has 2 aromatic rings. The van der Waals surface area contributed by atoms with Gasteiger partial charge in [0.25, 0.3) is 0 Å². The Morgan fingerprint density at radius 1 is 1.32 bits per heavy atom. The topological polar surface area (TPSA) is 80.5 Å². The Labute approximate surface area is 128 Å². The van der Waals surface area contributed by atoms with Crippen molar-refractivity contribution in [2.45, 2.75) is 19.5 Å². The van der Waals surface area contributed by atoms with Crippen LogP contribution in [0.4, 0.5) is 0 Å². The Kier molecular flexibility index (Phi) is 3.81. The molecule has 0 aliphatic carbocycles. The zero-order chi connectivity index (χ0) is 15.7. The lowest BCUT2D eigenvalue weighted by molar-refractivity contribution is -0.137. The molecular weight excluding hydrogens is 284 g/mol. The molecule has 1 aliphatic rings. The third-order valence-corrected chi connectivity index (χ3v) is 3.85. The van der Waals surface area contributed by atoms with Crippen LogP contribution in [0, 0.1) is 0 Å². The van der Waals surface area contributed by atoms with Crippen molar-refractivity contribution in [1.82, 2.24) is 19.7 Å². The zero-order valence-electron chi connectivity index (χ0n) is 12.6. The van der Waals surface area contributed by atoms with Gasteiger partial charge < -0.3 is 14.7 Å². The molecule has 22 heavy (non-hydrogen) atoms. The van der Waals surface area contributed by atoms with Gasteiger partial charge in [-0.3, -0.25) is 9.36 Å². The lowest BCUT2D eigenvalue weighted by Gasteiger charge is -2.31. The number of aromatic nitrogens is 3. The van der Waals surface area contributed by atoms with Crippen molar-refractivity contribution in [1.29, 1.82) is 0 Å². The van der Waals surface area contributed by atoms with Crippen molar-refractivity contribution in [3.8, 4) is 17.1 Å². The molecule has 3 rings (SSSR count). The molecule has 0 bridgehead atoms. The molecule has 0 unspecified atom stereocenters. The van der Waals surface area contributed by atoms with Gasteiger partial charge in [0.15, 0.2) is 11.6 Å². The minimum atomic E-state index is -0.362.